The molecular formula is C17H28N4. The van der Waals surface area contributed by atoms with E-state index in [0.29, 0.717) is 17.9 Å². The molecule has 0 aliphatic carbocycles. The molecule has 4 nitrogen and oxygen atoms in total. The van der Waals surface area contributed by atoms with Gasteiger partial charge in [-0.05, 0) is 37.3 Å². The van der Waals surface area contributed by atoms with Gasteiger partial charge in [-0.25, -0.2) is 0 Å². The van der Waals surface area contributed by atoms with Crippen LogP contribution in [0.15, 0.2) is 29.3 Å². The lowest BCUT2D eigenvalue weighted by Crippen LogP contribution is -2.40. The van der Waals surface area contributed by atoms with Crippen molar-refractivity contribution in [3.05, 3.63) is 29.8 Å². The van der Waals surface area contributed by atoms with Crippen molar-refractivity contribution in [2.45, 2.75) is 39.7 Å². The molecule has 116 valence electrons. The van der Waals surface area contributed by atoms with Crippen molar-refractivity contribution >= 4 is 11.6 Å². The zero-order valence-corrected chi connectivity index (χ0v) is 13.5. The van der Waals surface area contributed by atoms with Crippen LogP contribution in [-0.4, -0.2) is 31.6 Å². The fourth-order valence-corrected chi connectivity index (χ4v) is 2.77. The summed E-state index contributed by atoms with van der Waals surface area (Å²) in [5.41, 5.74) is 8.71. The smallest absolute Gasteiger partial charge is 0.188 e. The lowest BCUT2D eigenvalue weighted by Gasteiger charge is -2.25. The second-order valence-corrected chi connectivity index (χ2v) is 6.25. The fourth-order valence-electron chi connectivity index (χ4n) is 2.77. The molecule has 2 rings (SSSR count). The molecule has 1 aliphatic heterocycles. The summed E-state index contributed by atoms with van der Waals surface area (Å²) in [7, 11) is 0. The molecule has 0 spiro atoms. The van der Waals surface area contributed by atoms with Gasteiger partial charge in [0, 0.05) is 31.4 Å². The number of aliphatic imine (C=N–C) groups is 1. The average molecular weight is 288 g/mol. The molecule has 4 heteroatoms. The predicted octanol–water partition coefficient (Wildman–Crippen LogP) is 2.39. The Labute approximate surface area is 128 Å². The first-order valence-electron chi connectivity index (χ1n) is 7.96. The minimum atomic E-state index is 0.559. The van der Waals surface area contributed by atoms with Gasteiger partial charge in [-0.15, -0.1) is 0 Å². The highest BCUT2D eigenvalue weighted by molar-refractivity contribution is 5.77. The Morgan fingerprint density at radius 1 is 1.43 bits per heavy atom. The zero-order valence-electron chi connectivity index (χ0n) is 13.5. The van der Waals surface area contributed by atoms with Crippen LogP contribution in [0.25, 0.3) is 0 Å². The van der Waals surface area contributed by atoms with Crippen molar-refractivity contribution in [2.24, 2.45) is 16.6 Å². The van der Waals surface area contributed by atoms with E-state index in [1.165, 1.54) is 11.3 Å². The fraction of sp³-hybridized carbons (Fsp3) is 0.588. The van der Waals surface area contributed by atoms with Crippen LogP contribution in [0.1, 0.15) is 32.8 Å². The first-order chi connectivity index (χ1) is 10.1. The third kappa shape index (κ3) is 4.38. The number of hydrogen-bond acceptors (Lipinski definition) is 2. The number of nitrogens with one attached hydrogen (secondary N) is 1. The van der Waals surface area contributed by atoms with E-state index in [4.69, 9.17) is 5.73 Å². The van der Waals surface area contributed by atoms with Crippen LogP contribution in [0.4, 0.5) is 5.69 Å². The Balaban J connectivity index is 1.79. The number of para-hydroxylation sites is 1. The number of fused-ring (bicyclic) bond motifs is 1. The average Bonchev–Trinajstić information content (AvgIpc) is 2.75. The van der Waals surface area contributed by atoms with Gasteiger partial charge < -0.3 is 16.0 Å². The van der Waals surface area contributed by atoms with Crippen LogP contribution >= 0.6 is 0 Å². The van der Waals surface area contributed by atoms with Crippen LogP contribution in [0.2, 0.25) is 0 Å². The Morgan fingerprint density at radius 3 is 2.95 bits per heavy atom. The van der Waals surface area contributed by atoms with Crippen LogP contribution in [0.5, 0.6) is 0 Å². The first kappa shape index (κ1) is 15.7. The third-order valence-electron chi connectivity index (χ3n) is 4.00. The van der Waals surface area contributed by atoms with Crippen molar-refractivity contribution in [3.8, 4) is 0 Å². The van der Waals surface area contributed by atoms with E-state index < -0.39 is 0 Å². The molecule has 0 saturated carbocycles. The van der Waals surface area contributed by atoms with Gasteiger partial charge in [-0.1, -0.05) is 32.0 Å². The Hall–Kier alpha value is -1.71. The molecule has 1 unspecified atom stereocenters. The van der Waals surface area contributed by atoms with Gasteiger partial charge in [0.1, 0.15) is 0 Å². The quantitative estimate of drug-likeness (QED) is 0.624. The highest BCUT2D eigenvalue weighted by Gasteiger charge is 2.24. The molecule has 1 aromatic rings. The molecule has 21 heavy (non-hydrogen) atoms. The van der Waals surface area contributed by atoms with Crippen LogP contribution < -0.4 is 16.0 Å². The third-order valence-corrected chi connectivity index (χ3v) is 4.00. The molecule has 0 radical (unpaired) electrons. The summed E-state index contributed by atoms with van der Waals surface area (Å²) in [6.07, 6.45) is 2.22. The molecule has 0 bridgehead atoms. The van der Waals surface area contributed by atoms with E-state index in [2.05, 4.69) is 60.2 Å². The van der Waals surface area contributed by atoms with Gasteiger partial charge in [0.25, 0.3) is 0 Å². The van der Waals surface area contributed by atoms with Crippen molar-refractivity contribution < 1.29 is 0 Å². The van der Waals surface area contributed by atoms with E-state index >= 15 is 0 Å². The van der Waals surface area contributed by atoms with Crippen molar-refractivity contribution in [3.63, 3.8) is 0 Å². The van der Waals surface area contributed by atoms with E-state index in [1.54, 1.807) is 0 Å². The number of rotatable bonds is 6. The molecule has 0 aromatic heterocycles. The van der Waals surface area contributed by atoms with Crippen LogP contribution in [0.3, 0.4) is 0 Å². The summed E-state index contributed by atoms with van der Waals surface area (Å²) in [5.74, 6) is 1.24. The number of guanidine groups is 1. The standard InChI is InChI=1S/C17H28N4/c1-13(2)8-9-19-17(18)20-10-11-21-14(3)12-15-6-4-5-7-16(15)21/h4-7,13-14H,8-12H2,1-3H3,(H3,18,19,20). The van der Waals surface area contributed by atoms with Gasteiger partial charge in [0.05, 0.1) is 0 Å². The van der Waals surface area contributed by atoms with E-state index in [9.17, 15) is 0 Å². The Kier molecular flexibility index (Phi) is 5.48. The van der Waals surface area contributed by atoms with Crippen molar-refractivity contribution in [1.29, 1.82) is 0 Å². The molecule has 1 atom stereocenters. The van der Waals surface area contributed by atoms with Crippen molar-refractivity contribution in [1.82, 2.24) is 5.32 Å². The van der Waals surface area contributed by atoms with E-state index in [-0.39, 0.29) is 0 Å². The van der Waals surface area contributed by atoms with Gasteiger partial charge in [0.15, 0.2) is 5.96 Å². The van der Waals surface area contributed by atoms with E-state index in [1.807, 2.05) is 0 Å². The maximum atomic E-state index is 5.89. The van der Waals surface area contributed by atoms with Crippen molar-refractivity contribution in [2.75, 3.05) is 24.5 Å². The lowest BCUT2D eigenvalue weighted by atomic mass is 10.1. The maximum absolute atomic E-state index is 5.89. The monoisotopic (exact) mass is 288 g/mol. The summed E-state index contributed by atoms with van der Waals surface area (Å²) >= 11 is 0. The molecule has 1 aliphatic rings. The summed E-state index contributed by atoms with van der Waals surface area (Å²) < 4.78 is 0. The van der Waals surface area contributed by atoms with Crippen LogP contribution in [0, 0.1) is 5.92 Å². The Bertz CT molecular complexity index is 481. The van der Waals surface area contributed by atoms with Gasteiger partial charge in [-0.3, -0.25) is 4.99 Å². The second kappa shape index (κ2) is 7.34. The highest BCUT2D eigenvalue weighted by atomic mass is 15.2. The first-order valence-corrected chi connectivity index (χ1v) is 7.96. The topological polar surface area (TPSA) is 53.6 Å². The molecule has 1 heterocycles. The number of benzene rings is 1. The molecule has 3 N–H and O–H groups in total. The molecule has 0 saturated heterocycles. The summed E-state index contributed by atoms with van der Waals surface area (Å²) in [5, 5.41) is 3.22. The molecule has 1 aromatic carbocycles. The maximum Gasteiger partial charge on any atom is 0.188 e. The minimum Gasteiger partial charge on any atom is -0.370 e. The largest absolute Gasteiger partial charge is 0.370 e. The predicted molar refractivity (Wildman–Crippen MR) is 90.9 cm³/mol. The highest BCUT2D eigenvalue weighted by Crippen LogP contribution is 2.30. The lowest BCUT2D eigenvalue weighted by molar-refractivity contribution is 0.595. The van der Waals surface area contributed by atoms with E-state index in [0.717, 1.165) is 32.5 Å². The van der Waals surface area contributed by atoms with Gasteiger partial charge in [-0.2, -0.15) is 0 Å². The number of anilines is 1. The van der Waals surface area contributed by atoms with Crippen LogP contribution in [-0.2, 0) is 6.42 Å². The minimum absolute atomic E-state index is 0.559. The Morgan fingerprint density at radius 2 is 2.19 bits per heavy atom. The molecule has 0 amide bonds. The molecular weight excluding hydrogens is 260 g/mol. The number of nitrogens with zero attached hydrogens (tertiary/aromatic N) is 2. The zero-order chi connectivity index (χ0) is 15.2. The normalized spacial score (nSPS) is 18.2. The summed E-state index contributed by atoms with van der Waals surface area (Å²) in [6.45, 7) is 9.27. The summed E-state index contributed by atoms with van der Waals surface area (Å²) in [6, 6.07) is 9.22. The summed E-state index contributed by atoms with van der Waals surface area (Å²) in [4.78, 5) is 6.80. The molecule has 0 fully saturated rings. The van der Waals surface area contributed by atoms with Gasteiger partial charge >= 0.3 is 0 Å². The number of nitrogens with two attached hydrogens (primary N) is 1. The SMILES string of the molecule is CC(C)CCN=C(N)NCCN1c2ccccc2CC1C. The number of hydrogen-bond donors (Lipinski definition) is 2. The van der Waals surface area contributed by atoms with Gasteiger partial charge in [0.2, 0.25) is 0 Å². The second-order valence-electron chi connectivity index (χ2n) is 6.25.